The highest BCUT2D eigenvalue weighted by molar-refractivity contribution is 6.34. The summed E-state index contributed by atoms with van der Waals surface area (Å²) < 4.78 is 45.9. The second kappa shape index (κ2) is 20.9. The summed E-state index contributed by atoms with van der Waals surface area (Å²) in [6.45, 7) is 8.87. The fourth-order valence-corrected chi connectivity index (χ4v) is 9.30. The van der Waals surface area contributed by atoms with E-state index in [0.717, 1.165) is 30.5 Å². The third kappa shape index (κ3) is 11.3. The molecule has 0 spiro atoms. The van der Waals surface area contributed by atoms with Crippen molar-refractivity contribution in [1.29, 1.82) is 0 Å². The summed E-state index contributed by atoms with van der Waals surface area (Å²) in [7, 11) is 1.41. The van der Waals surface area contributed by atoms with E-state index >= 15 is 0 Å². The van der Waals surface area contributed by atoms with Crippen molar-refractivity contribution in [3.8, 4) is 17.1 Å². The number of carbonyl (C=O) groups excluding carboxylic acids is 3. The largest absolute Gasteiger partial charge is 0.477 e. The highest BCUT2D eigenvalue weighted by Crippen LogP contribution is 2.37. The first kappa shape index (κ1) is 48.3. The van der Waals surface area contributed by atoms with E-state index in [2.05, 4.69) is 35.9 Å². The maximum absolute atomic E-state index is 14.4. The van der Waals surface area contributed by atoms with Crippen LogP contribution in [0.15, 0.2) is 48.9 Å². The summed E-state index contributed by atoms with van der Waals surface area (Å²) in [6.07, 6.45) is 0.224. The van der Waals surface area contributed by atoms with E-state index in [1.54, 1.807) is 15.9 Å². The zero-order valence-corrected chi connectivity index (χ0v) is 37.5. The minimum absolute atomic E-state index is 0.0229. The fourth-order valence-electron chi connectivity index (χ4n) is 9.04. The molecular formula is C43H57ClF3N14O5+. The van der Waals surface area contributed by atoms with Crippen LogP contribution in [-0.4, -0.2) is 177 Å². The van der Waals surface area contributed by atoms with E-state index in [0.29, 0.717) is 107 Å². The topological polar surface area (TPSA) is 235 Å². The first-order valence-electron chi connectivity index (χ1n) is 22.1. The van der Waals surface area contributed by atoms with Crippen LogP contribution in [0.25, 0.3) is 17.1 Å². The average Bonchev–Trinajstić information content (AvgIpc) is 3.89. The molecule has 66 heavy (non-hydrogen) atoms. The maximum atomic E-state index is 14.4. The van der Waals surface area contributed by atoms with Gasteiger partial charge in [-0.15, -0.1) is 0 Å². The summed E-state index contributed by atoms with van der Waals surface area (Å²) >= 11 is 6.58. The molecule has 3 fully saturated rings. The number of nitrogens with two attached hydrogens (primary N) is 2. The van der Waals surface area contributed by atoms with Crippen LogP contribution in [0.2, 0.25) is 5.02 Å². The predicted octanol–water partition coefficient (Wildman–Crippen LogP) is 2.04. The normalized spacial score (nSPS) is 19.2. The molecule has 0 bridgehead atoms. The van der Waals surface area contributed by atoms with Crippen LogP contribution in [0.3, 0.4) is 0 Å². The van der Waals surface area contributed by atoms with Gasteiger partial charge in [-0.1, -0.05) is 11.6 Å². The summed E-state index contributed by atoms with van der Waals surface area (Å²) in [5, 5.41) is 22.6. The second-order valence-corrected chi connectivity index (χ2v) is 17.6. The fraction of sp³-hybridized carbons (Fsp3) is 0.512. The van der Waals surface area contributed by atoms with Crippen molar-refractivity contribution in [2.24, 2.45) is 30.4 Å². The van der Waals surface area contributed by atoms with Crippen LogP contribution in [-0.2, 0) is 22.8 Å². The van der Waals surface area contributed by atoms with Crippen molar-refractivity contribution in [2.75, 3.05) is 115 Å². The quantitative estimate of drug-likeness (QED) is 0.0786. The first-order valence-corrected chi connectivity index (χ1v) is 22.4. The number of aromatic nitrogens is 5. The standard InChI is InChI=1S/C43H56ClF3N14O5/c1-56-35(33-25-60(55-38(33)43(45,46)47)36-5-3-31(23-52-36)51-10-13-57(11-8-48)12-9-49)24-53-39(56)40(64)54-30-2-4-32(34(44)20-30)42(66)59-16-14-58(15-17-59)41(65)29-6-18-61(19-7-29,27-37(62)63)26-28-21-50-22-28/h2-5,20,23-25,28-29,50-51H,6-19,21-22,26-27,48-49H2,1H3,(H-,54,62,63,64,66)/p+1. The number of halogens is 4. The number of hydrogen-bond donors (Lipinski definition) is 6. The number of aliphatic carboxylic acids is 1. The van der Waals surface area contributed by atoms with E-state index in [1.165, 1.54) is 48.3 Å². The molecule has 0 atom stereocenters. The Morgan fingerprint density at radius 3 is 2.23 bits per heavy atom. The molecule has 0 radical (unpaired) electrons. The predicted molar refractivity (Wildman–Crippen MR) is 240 cm³/mol. The lowest BCUT2D eigenvalue weighted by Crippen LogP contribution is -2.62. The number of carbonyl (C=O) groups is 4. The SMILES string of the molecule is Cn1c(-c2cn(-c3ccc(NCCN(CCN)CCN)cn3)nc2C(F)(F)F)cnc1C(=O)Nc1ccc(C(=O)N2CCN(C(=O)C3CC[N+](CC(=O)O)(CC4CNC4)CC3)CC2)c(Cl)c1. The van der Waals surface area contributed by atoms with E-state index in [1.807, 2.05) is 0 Å². The lowest BCUT2D eigenvalue weighted by Gasteiger charge is -2.46. The van der Waals surface area contributed by atoms with E-state index in [-0.39, 0.29) is 63.5 Å². The molecule has 1 aromatic carbocycles. The van der Waals surface area contributed by atoms with Gasteiger partial charge in [-0.05, 0) is 30.3 Å². The van der Waals surface area contributed by atoms with Gasteiger partial charge in [-0.2, -0.15) is 18.3 Å². The summed E-state index contributed by atoms with van der Waals surface area (Å²) in [6, 6.07) is 7.60. The van der Waals surface area contributed by atoms with Crippen molar-refractivity contribution in [1.82, 2.24) is 44.3 Å². The summed E-state index contributed by atoms with van der Waals surface area (Å²) in [4.78, 5) is 66.3. The minimum atomic E-state index is -4.85. The number of benzene rings is 1. The number of hydrogen-bond acceptors (Lipinski definition) is 12. The number of piperidine rings is 1. The van der Waals surface area contributed by atoms with Gasteiger partial charge in [0, 0.05) is 122 Å². The number of imidazole rings is 1. The molecule has 7 rings (SSSR count). The van der Waals surface area contributed by atoms with Gasteiger partial charge in [0.15, 0.2) is 23.9 Å². The number of pyridine rings is 1. The number of piperazine rings is 1. The number of amides is 3. The van der Waals surface area contributed by atoms with Crippen LogP contribution < -0.4 is 27.4 Å². The number of rotatable bonds is 18. The first-order chi connectivity index (χ1) is 31.6. The van der Waals surface area contributed by atoms with Crippen LogP contribution in [0.1, 0.15) is 39.5 Å². The maximum Gasteiger partial charge on any atom is 0.435 e. The van der Waals surface area contributed by atoms with Crippen molar-refractivity contribution in [2.45, 2.75) is 19.0 Å². The van der Waals surface area contributed by atoms with Gasteiger partial charge < -0.3 is 51.4 Å². The lowest BCUT2D eigenvalue weighted by atomic mass is 9.90. The van der Waals surface area contributed by atoms with Gasteiger partial charge in [0.25, 0.3) is 11.8 Å². The molecule has 23 heteroatoms. The number of quaternary nitrogens is 1. The van der Waals surface area contributed by atoms with Crippen LogP contribution in [0.4, 0.5) is 24.5 Å². The molecule has 0 aliphatic carbocycles. The lowest BCUT2D eigenvalue weighted by molar-refractivity contribution is -0.929. The molecule has 8 N–H and O–H groups in total. The number of likely N-dealkylation sites (tertiary alicyclic amines) is 1. The van der Waals surface area contributed by atoms with Gasteiger partial charge in [0.05, 0.1) is 59.6 Å². The third-order valence-corrected chi connectivity index (χ3v) is 13.0. The highest BCUT2D eigenvalue weighted by atomic mass is 35.5. The molecule has 4 aromatic rings. The summed E-state index contributed by atoms with van der Waals surface area (Å²) in [5.41, 5.74) is 10.9. The number of nitrogens with one attached hydrogen (secondary N) is 3. The van der Waals surface area contributed by atoms with Crippen molar-refractivity contribution in [3.63, 3.8) is 0 Å². The van der Waals surface area contributed by atoms with Gasteiger partial charge in [0.1, 0.15) is 0 Å². The van der Waals surface area contributed by atoms with E-state index in [4.69, 9.17) is 23.1 Å². The zero-order chi connectivity index (χ0) is 47.2. The number of carboxylic acid groups (broad SMARTS) is 1. The number of anilines is 2. The molecule has 3 aliphatic heterocycles. The Bertz CT molecular complexity index is 2350. The molecule has 3 aromatic heterocycles. The molecule has 19 nitrogen and oxygen atoms in total. The number of alkyl halides is 3. The monoisotopic (exact) mass is 941 g/mol. The highest BCUT2D eigenvalue weighted by Gasteiger charge is 2.43. The van der Waals surface area contributed by atoms with Crippen molar-refractivity contribution >= 4 is 46.7 Å². The molecule has 3 amide bonds. The second-order valence-electron chi connectivity index (χ2n) is 17.2. The third-order valence-electron chi connectivity index (χ3n) is 12.7. The van der Waals surface area contributed by atoms with Gasteiger partial charge in [-0.3, -0.25) is 19.3 Å². The molecule has 6 heterocycles. The number of nitrogens with zero attached hydrogens (tertiary/aromatic N) is 9. The Labute approximate surface area is 384 Å². The van der Waals surface area contributed by atoms with Gasteiger partial charge >= 0.3 is 12.1 Å². The van der Waals surface area contributed by atoms with Gasteiger partial charge in [0.2, 0.25) is 5.91 Å². The molecule has 3 aliphatic rings. The smallest absolute Gasteiger partial charge is 0.435 e. The van der Waals surface area contributed by atoms with Crippen molar-refractivity contribution < 1.29 is 41.9 Å². The number of carboxylic acids is 1. The van der Waals surface area contributed by atoms with Crippen LogP contribution in [0.5, 0.6) is 0 Å². The Hall–Kier alpha value is -5.65. The molecule has 356 valence electrons. The Morgan fingerprint density at radius 1 is 0.955 bits per heavy atom. The van der Waals surface area contributed by atoms with E-state index < -0.39 is 23.7 Å². The Kier molecular flexibility index (Phi) is 15.3. The average molecular weight is 942 g/mol. The van der Waals surface area contributed by atoms with Crippen molar-refractivity contribution in [3.05, 3.63) is 71.0 Å². The minimum Gasteiger partial charge on any atom is -0.477 e. The van der Waals surface area contributed by atoms with Gasteiger partial charge in [-0.25, -0.2) is 19.4 Å². The Balaban J connectivity index is 0.940. The van der Waals surface area contributed by atoms with Crippen LogP contribution >= 0.6 is 11.6 Å². The molecule has 3 saturated heterocycles. The Morgan fingerprint density at radius 2 is 1.64 bits per heavy atom. The van der Waals surface area contributed by atoms with E-state index in [9.17, 15) is 37.5 Å². The summed E-state index contributed by atoms with van der Waals surface area (Å²) in [5.74, 6) is -1.67. The zero-order valence-electron chi connectivity index (χ0n) is 36.8. The molecule has 0 unspecified atom stereocenters. The van der Waals surface area contributed by atoms with Crippen LogP contribution in [0, 0.1) is 11.8 Å². The molecular weight excluding hydrogens is 885 g/mol. The molecule has 0 saturated carbocycles.